The number of rotatable bonds is 37. The Hall–Kier alpha value is -8.63. The van der Waals surface area contributed by atoms with E-state index in [-0.39, 0.29) is 49.3 Å². The number of hydrogen-bond donors (Lipinski definition) is 0. The molecule has 0 amide bonds. The average Bonchev–Trinajstić information content (AvgIpc) is 3.54. The second kappa shape index (κ2) is 34.3. The maximum absolute atomic E-state index is 13.5. The lowest BCUT2D eigenvalue weighted by Crippen LogP contribution is -2.12. The molecule has 0 saturated carbocycles. The van der Waals surface area contributed by atoms with Crippen LogP contribution in [0.2, 0.25) is 0 Å². The number of nitrogens with zero attached hydrogens (tertiary/aromatic N) is 2. The molecular weight excluding hydrogens is 1020 g/mol. The summed E-state index contributed by atoms with van der Waals surface area (Å²) < 4.78 is 50.1. The topological polar surface area (TPSA) is 194 Å². The summed E-state index contributed by atoms with van der Waals surface area (Å²) in [5, 5.41) is 0. The predicted octanol–water partition coefficient (Wildman–Crippen LogP) is 12.8. The molecule has 0 unspecified atom stereocenters. The van der Waals surface area contributed by atoms with E-state index in [9.17, 15) is 24.0 Å². The third-order valence-corrected chi connectivity index (χ3v) is 12.3. The molecule has 0 bridgehead atoms. The van der Waals surface area contributed by atoms with E-state index in [1.54, 1.807) is 48.5 Å². The van der Waals surface area contributed by atoms with Crippen molar-refractivity contribution < 1.29 is 66.6 Å². The van der Waals surface area contributed by atoms with Crippen LogP contribution in [-0.4, -0.2) is 92.7 Å². The number of ether oxygens (including phenoxy) is 9. The van der Waals surface area contributed by atoms with Crippen molar-refractivity contribution in [3.05, 3.63) is 164 Å². The Bertz CT molecular complexity index is 2970. The third kappa shape index (κ3) is 21.3. The fraction of sp³-hybridized carbons (Fsp3) is 0.328. The zero-order chi connectivity index (χ0) is 56.6. The number of unbranched alkanes of at least 4 members (excludes halogenated alkanes) is 11. The molecule has 0 aliphatic carbocycles. The maximum Gasteiger partial charge on any atom is 0.343 e. The first-order valence-electron chi connectivity index (χ1n) is 27.1. The molecule has 0 radical (unpaired) electrons. The molecule has 6 aromatic rings. The number of carbonyl (C=O) groups excluding carboxylic acids is 5. The zero-order valence-corrected chi connectivity index (χ0v) is 45.3. The van der Waals surface area contributed by atoms with Crippen molar-refractivity contribution in [3.63, 3.8) is 0 Å². The normalized spacial score (nSPS) is 10.8. The quantitative estimate of drug-likeness (QED) is 0.0117. The number of hydrogen-bond acceptors (Lipinski definition) is 16. The number of benzene rings is 5. The van der Waals surface area contributed by atoms with Crippen molar-refractivity contribution in [1.29, 1.82) is 0 Å². The van der Waals surface area contributed by atoms with E-state index in [0.717, 1.165) is 94.8 Å². The lowest BCUT2D eigenvalue weighted by atomic mass is 10.0. The molecule has 1 aromatic heterocycles. The van der Waals surface area contributed by atoms with Crippen molar-refractivity contribution in [2.24, 2.45) is 0 Å². The van der Waals surface area contributed by atoms with Gasteiger partial charge in [0, 0.05) is 35.4 Å². The lowest BCUT2D eigenvalue weighted by molar-refractivity contribution is -0.139. The van der Waals surface area contributed by atoms with E-state index in [2.05, 4.69) is 19.7 Å². The highest BCUT2D eigenvalue weighted by atomic mass is 16.6. The van der Waals surface area contributed by atoms with Gasteiger partial charge in [-0.15, -0.1) is 0 Å². The molecule has 80 heavy (non-hydrogen) atoms. The smallest absolute Gasteiger partial charge is 0.343 e. The summed E-state index contributed by atoms with van der Waals surface area (Å²) in [6.07, 6.45) is 16.5. The van der Waals surface area contributed by atoms with E-state index >= 15 is 0 Å². The van der Waals surface area contributed by atoms with Gasteiger partial charge in [0.2, 0.25) is 0 Å². The minimum Gasteiger partial charge on any atom is -0.494 e. The van der Waals surface area contributed by atoms with Gasteiger partial charge in [0.1, 0.15) is 42.0 Å². The van der Waals surface area contributed by atoms with Crippen LogP contribution in [0.25, 0.3) is 33.5 Å². The van der Waals surface area contributed by atoms with Gasteiger partial charge in [-0.2, -0.15) is 0 Å². The minimum atomic E-state index is -0.632. The van der Waals surface area contributed by atoms with Crippen LogP contribution in [0.3, 0.4) is 0 Å². The summed E-state index contributed by atoms with van der Waals surface area (Å²) in [6.45, 7) is 12.9. The van der Waals surface area contributed by atoms with Crippen LogP contribution in [0.15, 0.2) is 153 Å². The summed E-state index contributed by atoms with van der Waals surface area (Å²) in [6, 6.07) is 33.0. The molecule has 0 fully saturated rings. The van der Waals surface area contributed by atoms with Crippen molar-refractivity contribution >= 4 is 40.9 Å². The summed E-state index contributed by atoms with van der Waals surface area (Å²) in [4.78, 5) is 70.5. The van der Waals surface area contributed by atoms with Gasteiger partial charge < -0.3 is 42.6 Å². The average molecular weight is 1090 g/mol. The van der Waals surface area contributed by atoms with Crippen molar-refractivity contribution in [2.75, 3.05) is 52.9 Å². The van der Waals surface area contributed by atoms with Gasteiger partial charge in [-0.3, -0.25) is 0 Å². The summed E-state index contributed by atoms with van der Waals surface area (Å²) in [5.41, 5.74) is 4.16. The van der Waals surface area contributed by atoms with Crippen LogP contribution in [0.5, 0.6) is 28.7 Å². The van der Waals surface area contributed by atoms with Crippen LogP contribution in [0.4, 0.5) is 0 Å². The van der Waals surface area contributed by atoms with Crippen LogP contribution in [0.1, 0.15) is 104 Å². The van der Waals surface area contributed by atoms with Crippen LogP contribution in [-0.2, 0) is 33.3 Å². The Morgan fingerprint density at radius 2 is 0.762 bits per heavy atom. The van der Waals surface area contributed by atoms with Gasteiger partial charge in [0.25, 0.3) is 0 Å². The fourth-order valence-electron chi connectivity index (χ4n) is 8.07. The predicted molar refractivity (Wildman–Crippen MR) is 304 cm³/mol. The van der Waals surface area contributed by atoms with E-state index in [0.29, 0.717) is 77.4 Å². The van der Waals surface area contributed by atoms with Gasteiger partial charge >= 0.3 is 29.8 Å². The van der Waals surface area contributed by atoms with E-state index < -0.39 is 23.9 Å². The molecule has 0 atom stereocenters. The molecule has 420 valence electrons. The highest BCUT2D eigenvalue weighted by Crippen LogP contribution is 2.35. The van der Waals surface area contributed by atoms with Crippen molar-refractivity contribution in [1.82, 2.24) is 9.97 Å². The van der Waals surface area contributed by atoms with Gasteiger partial charge in [-0.05, 0) is 123 Å². The molecule has 16 heteroatoms. The van der Waals surface area contributed by atoms with E-state index in [1.165, 1.54) is 36.8 Å². The zero-order valence-electron chi connectivity index (χ0n) is 45.3. The molecule has 0 aliphatic heterocycles. The molecule has 5 aromatic carbocycles. The molecular formula is C64H70N2O14. The van der Waals surface area contributed by atoms with Crippen LogP contribution >= 0.6 is 0 Å². The Morgan fingerprint density at radius 1 is 0.362 bits per heavy atom. The third-order valence-electron chi connectivity index (χ3n) is 12.3. The maximum atomic E-state index is 13.5. The second-order valence-corrected chi connectivity index (χ2v) is 18.3. The van der Waals surface area contributed by atoms with Gasteiger partial charge in [-0.25, -0.2) is 33.9 Å². The lowest BCUT2D eigenvalue weighted by Gasteiger charge is -2.14. The largest absolute Gasteiger partial charge is 0.494 e. The first kappa shape index (κ1) is 60.6. The highest BCUT2D eigenvalue weighted by molar-refractivity contribution is 5.95. The fourth-order valence-corrected chi connectivity index (χ4v) is 8.07. The number of carbonyl (C=O) groups is 5. The van der Waals surface area contributed by atoms with Gasteiger partial charge in [-0.1, -0.05) is 88.9 Å². The summed E-state index contributed by atoms with van der Waals surface area (Å²) in [5.74, 6) is -0.0385. The Labute approximate surface area is 467 Å². The first-order chi connectivity index (χ1) is 39.1. The molecule has 0 spiro atoms. The van der Waals surface area contributed by atoms with Gasteiger partial charge in [0.05, 0.1) is 73.2 Å². The molecule has 0 aliphatic rings. The highest BCUT2D eigenvalue weighted by Gasteiger charge is 2.18. The van der Waals surface area contributed by atoms with Crippen molar-refractivity contribution in [2.45, 2.75) is 83.5 Å². The number of aromatic nitrogens is 2. The van der Waals surface area contributed by atoms with E-state index in [1.807, 2.05) is 42.5 Å². The van der Waals surface area contributed by atoms with Gasteiger partial charge in [0.15, 0.2) is 0 Å². The summed E-state index contributed by atoms with van der Waals surface area (Å²) >= 11 is 0. The second-order valence-electron chi connectivity index (χ2n) is 18.3. The minimum absolute atomic E-state index is 0.106. The Kier molecular flexibility index (Phi) is 26.0. The number of fused-ring (bicyclic) bond motifs is 1. The molecule has 6 rings (SSSR count). The Morgan fingerprint density at radius 3 is 1.31 bits per heavy atom. The number of esters is 5. The first-order valence-corrected chi connectivity index (χ1v) is 27.1. The standard InChI is InChI=1S/C64H70N2O14/c1-4-58(67)76-38-18-13-11-9-7-8-10-12-16-37-74-53-24-20-22-49(44-53)62-61(65-56-35-34-54(46-57(56)66-62)75-42-40-72-41-43-78-60(69)6-3)50-23-21-25-55(45-50)80-64(71)48-28-26-47(27-29-48)63(70)79-52-32-30-51(31-33-52)73-36-17-14-15-19-39-77-59(68)5-2/h4-6,20-35,44-46H,1-3,7-19,36-43H2. The molecule has 0 saturated heterocycles. The molecule has 1 heterocycles. The molecule has 0 N–H and O–H groups in total. The van der Waals surface area contributed by atoms with Crippen molar-refractivity contribution in [3.8, 4) is 51.3 Å². The van der Waals surface area contributed by atoms with E-state index in [4.69, 9.17) is 52.6 Å². The molecule has 16 nitrogen and oxygen atoms in total. The summed E-state index contributed by atoms with van der Waals surface area (Å²) in [7, 11) is 0. The van der Waals surface area contributed by atoms with Crippen LogP contribution in [0, 0.1) is 0 Å². The van der Waals surface area contributed by atoms with Crippen LogP contribution < -0.4 is 23.7 Å². The SMILES string of the molecule is C=CC(=O)OCCCCCCCCCCCOc1cccc(-c2nc3cc(OCCOCCOC(=O)C=C)ccc3nc2-c2cccc(OC(=O)c3ccc(C(=O)Oc4ccc(OCCCCCCOC(=O)C=C)cc4)cc3)c2)c1. The monoisotopic (exact) mass is 1090 g/mol. The Balaban J connectivity index is 1.06.